The second-order valence-electron chi connectivity index (χ2n) is 18.5. The van der Waals surface area contributed by atoms with Crippen LogP contribution in [0.4, 0.5) is 0 Å². The molecule has 0 rings (SSSR count). The summed E-state index contributed by atoms with van der Waals surface area (Å²) >= 11 is 0. The van der Waals surface area contributed by atoms with Crippen molar-refractivity contribution in [3.63, 3.8) is 0 Å². The maximum Gasteiger partial charge on any atom is 0.306 e. The Hall–Kier alpha value is -2.23. The van der Waals surface area contributed by atoms with Gasteiger partial charge in [0.25, 0.3) is 0 Å². The molecule has 0 fully saturated rings. The van der Waals surface area contributed by atoms with Gasteiger partial charge in [0.05, 0.1) is 40.3 Å². The van der Waals surface area contributed by atoms with Crippen molar-refractivity contribution >= 4 is 17.9 Å². The minimum Gasteiger partial charge on any atom is -0.545 e. The summed E-state index contributed by atoms with van der Waals surface area (Å²) in [4.78, 5) is 37.0. The van der Waals surface area contributed by atoms with Gasteiger partial charge in [-0.3, -0.25) is 9.59 Å². The number of carbonyl (C=O) groups is 3. The molecule has 2 atom stereocenters. The summed E-state index contributed by atoms with van der Waals surface area (Å²) in [6.07, 6.45) is 46.6. The standard InChI is InChI=1S/C52H97NO8/c1-6-8-10-12-14-16-17-18-19-20-21-22-23-24-25-26-27-28-29-30-31-32-33-35-37-39-41-43-50(55)61-48(47-60-52(51(56)57)58-45-44-53(3,4)5)46-59-49(54)42-40-38-36-34-15-13-11-9-7-2/h17-18,20-21,48,52H,6-16,19,22-47H2,1-5H3/b18-17-,21-20-. The topological polar surface area (TPSA) is 111 Å². The van der Waals surface area contributed by atoms with Crippen LogP contribution in [0.15, 0.2) is 24.3 Å². The number of ether oxygens (including phenoxy) is 4. The molecule has 0 aromatic rings. The lowest BCUT2D eigenvalue weighted by molar-refractivity contribution is -0.870. The molecule has 0 aliphatic rings. The van der Waals surface area contributed by atoms with Gasteiger partial charge < -0.3 is 33.3 Å². The van der Waals surface area contributed by atoms with Crippen LogP contribution in [0.5, 0.6) is 0 Å². The van der Waals surface area contributed by atoms with Gasteiger partial charge in [-0.15, -0.1) is 0 Å². The molecule has 9 nitrogen and oxygen atoms in total. The van der Waals surface area contributed by atoms with Crippen molar-refractivity contribution in [3.05, 3.63) is 24.3 Å². The number of allylic oxidation sites excluding steroid dienone is 4. The number of quaternary nitrogens is 1. The Morgan fingerprint density at radius 1 is 0.492 bits per heavy atom. The van der Waals surface area contributed by atoms with E-state index in [-0.39, 0.29) is 32.2 Å². The summed E-state index contributed by atoms with van der Waals surface area (Å²) in [6.45, 7) is 4.73. The van der Waals surface area contributed by atoms with E-state index in [9.17, 15) is 19.5 Å². The fourth-order valence-electron chi connectivity index (χ4n) is 7.21. The number of carbonyl (C=O) groups excluding carboxylic acids is 3. The van der Waals surface area contributed by atoms with Crippen molar-refractivity contribution in [1.82, 2.24) is 0 Å². The summed E-state index contributed by atoms with van der Waals surface area (Å²) in [5.41, 5.74) is 0. The second kappa shape index (κ2) is 44.4. The third-order valence-electron chi connectivity index (χ3n) is 11.2. The number of carboxylic acids is 1. The van der Waals surface area contributed by atoms with Gasteiger partial charge in [-0.1, -0.05) is 199 Å². The SMILES string of the molecule is CCCCCCC/C=C\C/C=C\CCCCCCCCCCCCCCCCCC(=O)OC(COC(=O)CCCCCCCCCCC)COC(OCC[N+](C)(C)C)C(=O)[O-]. The largest absolute Gasteiger partial charge is 0.545 e. The zero-order valence-electron chi connectivity index (χ0n) is 40.5. The van der Waals surface area contributed by atoms with Crippen molar-refractivity contribution in [2.45, 2.75) is 245 Å². The number of hydrogen-bond donors (Lipinski definition) is 0. The van der Waals surface area contributed by atoms with E-state index in [0.29, 0.717) is 23.9 Å². The average Bonchev–Trinajstić information content (AvgIpc) is 3.22. The molecule has 0 N–H and O–H groups in total. The predicted octanol–water partition coefficient (Wildman–Crippen LogP) is 12.7. The van der Waals surface area contributed by atoms with Gasteiger partial charge in [0.2, 0.25) is 0 Å². The highest BCUT2D eigenvalue weighted by molar-refractivity contribution is 5.70. The Morgan fingerprint density at radius 3 is 1.30 bits per heavy atom. The van der Waals surface area contributed by atoms with Gasteiger partial charge in [-0.05, 0) is 44.9 Å². The minimum atomic E-state index is -1.62. The molecule has 0 saturated carbocycles. The van der Waals surface area contributed by atoms with Crippen molar-refractivity contribution in [2.24, 2.45) is 0 Å². The van der Waals surface area contributed by atoms with Gasteiger partial charge >= 0.3 is 11.9 Å². The van der Waals surface area contributed by atoms with Gasteiger partial charge in [0, 0.05) is 12.8 Å². The lowest BCUT2D eigenvalue weighted by Crippen LogP contribution is -2.44. The maximum atomic E-state index is 12.8. The molecule has 0 aromatic heterocycles. The minimum absolute atomic E-state index is 0.150. The first kappa shape index (κ1) is 58.8. The van der Waals surface area contributed by atoms with E-state index >= 15 is 0 Å². The third-order valence-corrected chi connectivity index (χ3v) is 11.2. The summed E-state index contributed by atoms with van der Waals surface area (Å²) < 4.78 is 22.6. The highest BCUT2D eigenvalue weighted by Gasteiger charge is 2.22. The van der Waals surface area contributed by atoms with Crippen molar-refractivity contribution in [2.75, 3.05) is 47.5 Å². The molecule has 61 heavy (non-hydrogen) atoms. The average molecular weight is 864 g/mol. The van der Waals surface area contributed by atoms with E-state index in [2.05, 4.69) is 38.2 Å². The third kappa shape index (κ3) is 45.6. The molecule has 0 aliphatic carbocycles. The normalized spacial score (nSPS) is 13.0. The number of rotatable bonds is 47. The molecule has 0 saturated heterocycles. The van der Waals surface area contributed by atoms with E-state index < -0.39 is 24.3 Å². The zero-order valence-corrected chi connectivity index (χ0v) is 40.5. The number of carboxylic acid groups (broad SMARTS) is 1. The van der Waals surface area contributed by atoms with Gasteiger partial charge in [0.1, 0.15) is 13.2 Å². The quantitative estimate of drug-likeness (QED) is 0.0195. The molecule has 0 radical (unpaired) electrons. The molecule has 0 heterocycles. The fourth-order valence-corrected chi connectivity index (χ4v) is 7.21. The summed E-state index contributed by atoms with van der Waals surface area (Å²) in [5.74, 6) is -2.28. The second-order valence-corrected chi connectivity index (χ2v) is 18.5. The summed E-state index contributed by atoms with van der Waals surface area (Å²) in [7, 11) is 5.91. The van der Waals surface area contributed by atoms with Crippen LogP contribution < -0.4 is 5.11 Å². The fraction of sp³-hybridized carbons (Fsp3) is 0.865. The van der Waals surface area contributed by atoms with Gasteiger partial charge in [0.15, 0.2) is 12.4 Å². The first-order valence-electron chi connectivity index (χ1n) is 25.5. The Bertz CT molecular complexity index is 1050. The lowest BCUT2D eigenvalue weighted by Gasteiger charge is -2.26. The number of esters is 2. The molecule has 358 valence electrons. The first-order chi connectivity index (χ1) is 29.6. The van der Waals surface area contributed by atoms with Crippen molar-refractivity contribution in [3.8, 4) is 0 Å². The molecule has 0 aliphatic heterocycles. The van der Waals surface area contributed by atoms with Crippen molar-refractivity contribution in [1.29, 1.82) is 0 Å². The smallest absolute Gasteiger partial charge is 0.306 e. The zero-order chi connectivity index (χ0) is 44.9. The van der Waals surface area contributed by atoms with Crippen LogP contribution in [0.25, 0.3) is 0 Å². The van der Waals surface area contributed by atoms with Crippen LogP contribution in [0, 0.1) is 0 Å². The van der Waals surface area contributed by atoms with E-state index in [1.165, 1.54) is 161 Å². The van der Waals surface area contributed by atoms with Gasteiger partial charge in [-0.25, -0.2) is 0 Å². The predicted molar refractivity (Wildman–Crippen MR) is 251 cm³/mol. The number of unbranched alkanes of at least 4 members (excludes halogenated alkanes) is 28. The summed E-state index contributed by atoms with van der Waals surface area (Å²) in [5, 5.41) is 11.7. The molecular formula is C52H97NO8. The maximum absolute atomic E-state index is 12.8. The lowest BCUT2D eigenvalue weighted by atomic mass is 10.0. The Balaban J connectivity index is 4.14. The van der Waals surface area contributed by atoms with Crippen LogP contribution in [0.1, 0.15) is 232 Å². The molecular weight excluding hydrogens is 767 g/mol. The van der Waals surface area contributed by atoms with Crippen LogP contribution in [-0.4, -0.2) is 82.3 Å². The summed E-state index contributed by atoms with van der Waals surface area (Å²) in [6, 6.07) is 0. The van der Waals surface area contributed by atoms with E-state index in [4.69, 9.17) is 18.9 Å². The number of hydrogen-bond acceptors (Lipinski definition) is 8. The van der Waals surface area contributed by atoms with Crippen LogP contribution in [-0.2, 0) is 33.3 Å². The van der Waals surface area contributed by atoms with Crippen molar-refractivity contribution < 1.29 is 42.9 Å². The van der Waals surface area contributed by atoms with Crippen LogP contribution >= 0.6 is 0 Å². The van der Waals surface area contributed by atoms with Crippen LogP contribution in [0.3, 0.4) is 0 Å². The first-order valence-corrected chi connectivity index (χ1v) is 25.5. The highest BCUT2D eigenvalue weighted by atomic mass is 16.7. The van der Waals surface area contributed by atoms with Gasteiger partial charge in [-0.2, -0.15) is 0 Å². The van der Waals surface area contributed by atoms with E-state index in [0.717, 1.165) is 38.5 Å². The number of likely N-dealkylation sites (N-methyl/N-ethyl adjacent to an activating group) is 1. The molecule has 2 unspecified atom stereocenters. The molecule has 0 bridgehead atoms. The Morgan fingerprint density at radius 2 is 0.885 bits per heavy atom. The van der Waals surface area contributed by atoms with Crippen LogP contribution in [0.2, 0.25) is 0 Å². The van der Waals surface area contributed by atoms with E-state index in [1.807, 2.05) is 21.1 Å². The number of aliphatic carboxylic acids is 1. The monoisotopic (exact) mass is 864 g/mol. The van der Waals surface area contributed by atoms with E-state index in [1.54, 1.807) is 0 Å². The highest BCUT2D eigenvalue weighted by Crippen LogP contribution is 2.16. The number of nitrogens with zero attached hydrogens (tertiary/aromatic N) is 1. The molecule has 0 spiro atoms. The molecule has 0 amide bonds. The molecule has 9 heteroatoms. The Kier molecular flexibility index (Phi) is 42.8. The molecule has 0 aromatic carbocycles. The Labute approximate surface area is 376 Å².